The molecule has 2 unspecified atom stereocenters. The van der Waals surface area contributed by atoms with Crippen molar-refractivity contribution in [1.29, 1.82) is 0 Å². The van der Waals surface area contributed by atoms with Gasteiger partial charge < -0.3 is 15.0 Å². The van der Waals surface area contributed by atoms with Gasteiger partial charge in [0.05, 0.1) is 24.5 Å². The van der Waals surface area contributed by atoms with Crippen molar-refractivity contribution in [1.82, 2.24) is 9.88 Å². The number of benzene rings is 2. The van der Waals surface area contributed by atoms with Crippen LogP contribution in [-0.2, 0) is 14.3 Å². The fraction of sp³-hybridized carbons (Fsp3) is 0.290. The summed E-state index contributed by atoms with van der Waals surface area (Å²) in [5.74, 6) is -0.413. The number of anilines is 2. The van der Waals surface area contributed by atoms with Gasteiger partial charge in [-0.15, -0.1) is 0 Å². The first kappa shape index (κ1) is 27.4. The third-order valence-corrected chi connectivity index (χ3v) is 7.71. The number of halogens is 1. The number of rotatable bonds is 3. The molecule has 5 rings (SSSR count). The smallest absolute Gasteiger partial charge is 0.411 e. The molecule has 2 atom stereocenters. The van der Waals surface area contributed by atoms with E-state index in [9.17, 15) is 14.4 Å². The third kappa shape index (κ3) is 6.02. The Kier molecular flexibility index (Phi) is 8.16. The van der Waals surface area contributed by atoms with E-state index in [-0.39, 0.29) is 23.8 Å². The topological polar surface area (TPSA) is 101 Å². The van der Waals surface area contributed by atoms with Crippen LogP contribution in [0.4, 0.5) is 16.2 Å². The number of ether oxygens (including phenoxy) is 1. The predicted octanol–water partition coefficient (Wildman–Crippen LogP) is 6.70. The van der Waals surface area contributed by atoms with Gasteiger partial charge in [0.25, 0.3) is 0 Å². The quantitative estimate of drug-likeness (QED) is 0.373. The molecule has 3 amide bonds. The highest BCUT2D eigenvalue weighted by molar-refractivity contribution is 6.30. The molecule has 8 nitrogen and oxygen atoms in total. The number of methoxy groups -OCH3 is 1. The molecule has 2 aliphatic heterocycles. The van der Waals surface area contributed by atoms with Crippen LogP contribution < -0.4 is 10.6 Å². The summed E-state index contributed by atoms with van der Waals surface area (Å²) in [7, 11) is 1.29. The molecule has 2 aliphatic rings. The van der Waals surface area contributed by atoms with Gasteiger partial charge in [0.1, 0.15) is 0 Å². The lowest BCUT2D eigenvalue weighted by molar-refractivity contribution is -0.129. The molecular weight excluding hydrogens is 528 g/mol. The van der Waals surface area contributed by atoms with Crippen LogP contribution in [0.5, 0.6) is 0 Å². The first-order valence-electron chi connectivity index (χ1n) is 13.4. The number of carbonyl (C=O) groups is 3. The Morgan fingerprint density at radius 1 is 1.10 bits per heavy atom. The highest BCUT2D eigenvalue weighted by Crippen LogP contribution is 2.37. The summed E-state index contributed by atoms with van der Waals surface area (Å²) >= 11 is 6.19. The molecule has 0 fully saturated rings. The predicted molar refractivity (Wildman–Crippen MR) is 156 cm³/mol. The second-order valence-electron chi connectivity index (χ2n) is 10.1. The number of fused-ring (bicyclic) bond motifs is 4. The maximum atomic E-state index is 13.5. The fourth-order valence-corrected chi connectivity index (χ4v) is 5.48. The van der Waals surface area contributed by atoms with Crippen LogP contribution in [0, 0.1) is 5.92 Å². The average molecular weight is 559 g/mol. The van der Waals surface area contributed by atoms with Crippen molar-refractivity contribution in [3.05, 3.63) is 83.2 Å². The monoisotopic (exact) mass is 558 g/mol. The van der Waals surface area contributed by atoms with Gasteiger partial charge >= 0.3 is 6.09 Å². The van der Waals surface area contributed by atoms with Crippen molar-refractivity contribution < 1.29 is 19.1 Å². The van der Waals surface area contributed by atoms with Gasteiger partial charge in [-0.3, -0.25) is 19.9 Å². The van der Waals surface area contributed by atoms with Crippen LogP contribution in [0.2, 0.25) is 5.02 Å². The average Bonchev–Trinajstić information content (AvgIpc) is 2.95. The van der Waals surface area contributed by atoms with E-state index in [2.05, 4.69) is 10.6 Å². The van der Waals surface area contributed by atoms with E-state index in [4.69, 9.17) is 21.3 Å². The van der Waals surface area contributed by atoms with E-state index in [1.807, 2.05) is 54.3 Å². The Bertz CT molecular complexity index is 1490. The van der Waals surface area contributed by atoms with Gasteiger partial charge in [0, 0.05) is 41.0 Å². The number of aromatic nitrogens is 1. The Morgan fingerprint density at radius 3 is 2.73 bits per heavy atom. The molecule has 2 bridgehead atoms. The number of hydrogen-bond donors (Lipinski definition) is 2. The minimum absolute atomic E-state index is 0.0600. The highest BCUT2D eigenvalue weighted by atomic mass is 35.5. The summed E-state index contributed by atoms with van der Waals surface area (Å²) in [4.78, 5) is 45.0. The van der Waals surface area contributed by atoms with E-state index in [1.54, 1.807) is 24.4 Å². The van der Waals surface area contributed by atoms with Crippen LogP contribution >= 0.6 is 11.6 Å². The molecule has 40 heavy (non-hydrogen) atoms. The van der Waals surface area contributed by atoms with Crippen molar-refractivity contribution >= 4 is 46.5 Å². The van der Waals surface area contributed by atoms with Crippen LogP contribution in [0.25, 0.3) is 16.7 Å². The van der Waals surface area contributed by atoms with E-state index in [0.29, 0.717) is 42.2 Å². The summed E-state index contributed by atoms with van der Waals surface area (Å²) < 4.78 is 4.71. The second-order valence-corrected chi connectivity index (χ2v) is 10.6. The van der Waals surface area contributed by atoms with Gasteiger partial charge in [0.2, 0.25) is 11.8 Å². The number of carbonyl (C=O) groups excluding carboxylic acids is 3. The van der Waals surface area contributed by atoms with Gasteiger partial charge in [0.15, 0.2) is 0 Å². The summed E-state index contributed by atoms with van der Waals surface area (Å²) in [5.41, 5.74) is 5.43. The summed E-state index contributed by atoms with van der Waals surface area (Å²) in [6.07, 6.45) is 5.64. The summed E-state index contributed by atoms with van der Waals surface area (Å²) in [5, 5.41) is 6.33. The standard InChI is InChI=1S/C31H31ClN4O4/c1-19-5-3-8-28(36-14-12-21(17-29(36)37)20-6-4-7-23(32)15-20)27-16-22(11-13-33-27)25-10-9-24(34-31(39)40-2)18-26(25)35-30(19)38/h4,6-7,9-11,13,15-19,28H,3,5,8,12,14H2,1-2H3,(H,34,39)(H,35,38). The first-order chi connectivity index (χ1) is 19.3. The molecule has 0 saturated carbocycles. The normalized spacial score (nSPS) is 19.4. The zero-order valence-corrected chi connectivity index (χ0v) is 23.2. The zero-order valence-electron chi connectivity index (χ0n) is 22.4. The van der Waals surface area contributed by atoms with Crippen molar-refractivity contribution in [3.8, 4) is 11.1 Å². The maximum Gasteiger partial charge on any atom is 0.411 e. The number of nitrogens with one attached hydrogen (secondary N) is 2. The SMILES string of the molecule is COC(=O)Nc1ccc2c(c1)NC(=O)C(C)CCCC(N1CCC(c3cccc(Cl)c3)=CC1=O)c1cc-2ccn1. The van der Waals surface area contributed by atoms with Crippen LogP contribution in [0.15, 0.2) is 66.9 Å². The molecule has 2 aromatic carbocycles. The molecule has 3 heterocycles. The van der Waals surface area contributed by atoms with Crippen molar-refractivity contribution in [2.75, 3.05) is 24.3 Å². The summed E-state index contributed by atoms with van der Waals surface area (Å²) in [6.45, 7) is 2.46. The lowest BCUT2D eigenvalue weighted by Crippen LogP contribution is -2.38. The largest absolute Gasteiger partial charge is 0.453 e. The fourth-order valence-electron chi connectivity index (χ4n) is 5.29. The molecule has 1 aromatic heterocycles. The van der Waals surface area contributed by atoms with E-state index < -0.39 is 6.09 Å². The Hall–Kier alpha value is -4.17. The highest BCUT2D eigenvalue weighted by Gasteiger charge is 2.30. The third-order valence-electron chi connectivity index (χ3n) is 7.48. The van der Waals surface area contributed by atoms with E-state index in [0.717, 1.165) is 34.4 Å². The van der Waals surface area contributed by atoms with Crippen molar-refractivity contribution in [2.45, 2.75) is 38.6 Å². The first-order valence-corrected chi connectivity index (χ1v) is 13.7. The number of hydrogen-bond acceptors (Lipinski definition) is 5. The molecule has 0 radical (unpaired) electrons. The minimum Gasteiger partial charge on any atom is -0.453 e. The maximum absolute atomic E-state index is 13.5. The minimum atomic E-state index is -0.597. The van der Waals surface area contributed by atoms with Gasteiger partial charge in [-0.2, -0.15) is 0 Å². The molecular formula is C31H31ClN4O4. The van der Waals surface area contributed by atoms with Crippen LogP contribution in [0.1, 0.15) is 49.9 Å². The van der Waals surface area contributed by atoms with Gasteiger partial charge in [-0.05, 0) is 72.4 Å². The molecule has 0 aliphatic carbocycles. The summed E-state index contributed by atoms with van der Waals surface area (Å²) in [6, 6.07) is 16.5. The van der Waals surface area contributed by atoms with Crippen LogP contribution in [-0.4, -0.2) is 41.4 Å². The van der Waals surface area contributed by atoms with Crippen molar-refractivity contribution in [3.63, 3.8) is 0 Å². The van der Waals surface area contributed by atoms with Gasteiger partial charge in [-0.1, -0.05) is 43.1 Å². The lowest BCUT2D eigenvalue weighted by atomic mass is 9.93. The van der Waals surface area contributed by atoms with Crippen LogP contribution in [0.3, 0.4) is 0 Å². The Morgan fingerprint density at radius 2 is 1.95 bits per heavy atom. The second kappa shape index (κ2) is 11.9. The van der Waals surface area contributed by atoms with Crippen molar-refractivity contribution in [2.24, 2.45) is 5.92 Å². The molecule has 0 spiro atoms. The molecule has 206 valence electrons. The number of amides is 3. The Balaban J connectivity index is 1.51. The molecule has 3 aromatic rings. The molecule has 0 saturated heterocycles. The number of nitrogens with zero attached hydrogens (tertiary/aromatic N) is 2. The molecule has 2 N–H and O–H groups in total. The lowest BCUT2D eigenvalue weighted by Gasteiger charge is -2.34. The van der Waals surface area contributed by atoms with E-state index in [1.165, 1.54) is 7.11 Å². The van der Waals surface area contributed by atoms with Gasteiger partial charge in [-0.25, -0.2) is 4.79 Å². The number of pyridine rings is 1. The Labute approximate surface area is 238 Å². The molecule has 9 heteroatoms. The van der Waals surface area contributed by atoms with E-state index >= 15 is 0 Å². The zero-order chi connectivity index (χ0) is 28.2.